The van der Waals surface area contributed by atoms with Crippen LogP contribution in [0.1, 0.15) is 44.1 Å². The van der Waals surface area contributed by atoms with Crippen LogP contribution in [0.2, 0.25) is 0 Å². The third kappa shape index (κ3) is 4.74. The molecular formula is C17H21NO3. The quantitative estimate of drug-likeness (QED) is 0.810. The normalized spacial score (nSPS) is 16.4. The minimum atomic E-state index is -0.848. The van der Waals surface area contributed by atoms with Gasteiger partial charge >= 0.3 is 5.97 Å². The Morgan fingerprint density at radius 3 is 2.52 bits per heavy atom. The molecule has 1 aliphatic rings. The van der Waals surface area contributed by atoms with E-state index in [1.54, 1.807) is 0 Å². The van der Waals surface area contributed by atoms with Crippen molar-refractivity contribution in [2.24, 2.45) is 0 Å². The second-order valence-electron chi connectivity index (χ2n) is 5.60. The molecule has 112 valence electrons. The number of hydrogen-bond donors (Lipinski definition) is 2. The maximum atomic E-state index is 11.9. The Kier molecular flexibility index (Phi) is 5.14. The first-order valence-corrected chi connectivity index (χ1v) is 7.34. The second-order valence-corrected chi connectivity index (χ2v) is 5.60. The fraction of sp³-hybridized carbons (Fsp3) is 0.412. The van der Waals surface area contributed by atoms with Crippen molar-refractivity contribution in [2.75, 3.05) is 0 Å². The number of hydrogen-bond acceptors (Lipinski definition) is 2. The maximum Gasteiger partial charge on any atom is 0.305 e. The van der Waals surface area contributed by atoms with Gasteiger partial charge in [0.25, 0.3) is 0 Å². The zero-order valence-electron chi connectivity index (χ0n) is 12.0. The van der Waals surface area contributed by atoms with Crippen molar-refractivity contribution >= 4 is 18.0 Å². The van der Waals surface area contributed by atoms with Crippen LogP contribution in [0.25, 0.3) is 6.08 Å². The lowest BCUT2D eigenvalue weighted by atomic mass is 9.74. The average Bonchev–Trinajstić information content (AvgIpc) is 2.42. The summed E-state index contributed by atoms with van der Waals surface area (Å²) in [5.74, 6) is -0.910. The highest BCUT2D eigenvalue weighted by molar-refractivity contribution is 5.78. The van der Waals surface area contributed by atoms with E-state index in [1.807, 2.05) is 42.5 Å². The minimum absolute atomic E-state index is 0.0264. The molecule has 2 rings (SSSR count). The van der Waals surface area contributed by atoms with Crippen molar-refractivity contribution in [3.8, 4) is 0 Å². The minimum Gasteiger partial charge on any atom is -0.481 e. The first kappa shape index (κ1) is 15.3. The fourth-order valence-electron chi connectivity index (χ4n) is 2.60. The Morgan fingerprint density at radius 1 is 1.24 bits per heavy atom. The molecule has 4 heteroatoms. The number of carbonyl (C=O) groups excluding carboxylic acids is 1. The number of nitrogens with one attached hydrogen (secondary N) is 1. The van der Waals surface area contributed by atoms with E-state index in [4.69, 9.17) is 5.11 Å². The molecule has 1 aromatic rings. The Morgan fingerprint density at radius 2 is 1.95 bits per heavy atom. The van der Waals surface area contributed by atoms with Crippen molar-refractivity contribution in [1.82, 2.24) is 5.32 Å². The first-order chi connectivity index (χ1) is 10.1. The molecule has 0 spiro atoms. The maximum absolute atomic E-state index is 11.9. The zero-order chi connectivity index (χ0) is 15.1. The molecule has 21 heavy (non-hydrogen) atoms. The molecule has 4 nitrogen and oxygen atoms in total. The van der Waals surface area contributed by atoms with Crippen molar-refractivity contribution in [3.63, 3.8) is 0 Å². The Bertz CT molecular complexity index is 518. The summed E-state index contributed by atoms with van der Waals surface area (Å²) in [6.07, 6.45) is 7.56. The average molecular weight is 287 g/mol. The number of rotatable bonds is 7. The monoisotopic (exact) mass is 287 g/mol. The number of benzene rings is 1. The molecule has 0 unspecified atom stereocenters. The molecule has 2 N–H and O–H groups in total. The number of aliphatic carboxylic acids is 1. The molecule has 0 atom stereocenters. The summed E-state index contributed by atoms with van der Waals surface area (Å²) in [5, 5.41) is 11.8. The summed E-state index contributed by atoms with van der Waals surface area (Å²) in [5.41, 5.74) is 0.616. The predicted molar refractivity (Wildman–Crippen MR) is 81.7 cm³/mol. The van der Waals surface area contributed by atoms with E-state index in [0.717, 1.165) is 24.8 Å². The van der Waals surface area contributed by atoms with Crippen molar-refractivity contribution in [2.45, 2.75) is 44.1 Å². The molecule has 0 bridgehead atoms. The van der Waals surface area contributed by atoms with Crippen LogP contribution in [0.5, 0.6) is 0 Å². The number of carboxylic acid groups (broad SMARTS) is 1. The van der Waals surface area contributed by atoms with Crippen molar-refractivity contribution in [3.05, 3.63) is 42.0 Å². The molecular weight excluding hydrogens is 266 g/mol. The Balaban J connectivity index is 1.74. The van der Waals surface area contributed by atoms with E-state index in [2.05, 4.69) is 5.32 Å². The van der Waals surface area contributed by atoms with Crippen LogP contribution in [-0.4, -0.2) is 22.5 Å². The zero-order valence-corrected chi connectivity index (χ0v) is 12.0. The number of allylic oxidation sites excluding steroid dienone is 1. The Hall–Kier alpha value is -2.10. The molecule has 1 saturated carbocycles. The standard InChI is InChI=1S/C17H21NO3/c19-15(18-17(11-6-12-17)13-16(20)21)10-5-4-9-14-7-2-1-3-8-14/h1-4,7-9H,5-6,10-13H2,(H,18,19)(H,20,21)/b9-4+. The van der Waals surface area contributed by atoms with Crippen LogP contribution in [0.3, 0.4) is 0 Å². The molecule has 0 heterocycles. The highest BCUT2D eigenvalue weighted by atomic mass is 16.4. The molecule has 0 aliphatic heterocycles. The Labute approximate surface area is 124 Å². The lowest BCUT2D eigenvalue weighted by molar-refractivity contribution is -0.140. The molecule has 1 fully saturated rings. The van der Waals surface area contributed by atoms with Gasteiger partial charge < -0.3 is 10.4 Å². The van der Waals surface area contributed by atoms with Gasteiger partial charge in [-0.15, -0.1) is 0 Å². The van der Waals surface area contributed by atoms with Gasteiger partial charge in [0, 0.05) is 6.42 Å². The molecule has 1 aliphatic carbocycles. The molecule has 1 amide bonds. The highest BCUT2D eigenvalue weighted by Crippen LogP contribution is 2.35. The third-order valence-electron chi connectivity index (χ3n) is 3.85. The van der Waals surface area contributed by atoms with E-state index < -0.39 is 11.5 Å². The molecule has 0 aromatic heterocycles. The summed E-state index contributed by atoms with van der Waals surface area (Å²) in [6.45, 7) is 0. The second kappa shape index (κ2) is 7.07. The summed E-state index contributed by atoms with van der Waals surface area (Å²) >= 11 is 0. The van der Waals surface area contributed by atoms with Crippen LogP contribution in [0.15, 0.2) is 36.4 Å². The van der Waals surface area contributed by atoms with Crippen LogP contribution in [0.4, 0.5) is 0 Å². The van der Waals surface area contributed by atoms with Crippen molar-refractivity contribution in [1.29, 1.82) is 0 Å². The van der Waals surface area contributed by atoms with Crippen LogP contribution in [0, 0.1) is 0 Å². The highest BCUT2D eigenvalue weighted by Gasteiger charge is 2.39. The van der Waals surface area contributed by atoms with Crippen LogP contribution < -0.4 is 5.32 Å². The van der Waals surface area contributed by atoms with Gasteiger partial charge in [-0.05, 0) is 31.2 Å². The number of carboxylic acids is 1. The smallest absolute Gasteiger partial charge is 0.305 e. The molecule has 0 radical (unpaired) electrons. The van der Waals surface area contributed by atoms with Gasteiger partial charge in [-0.2, -0.15) is 0 Å². The van der Waals surface area contributed by atoms with Crippen LogP contribution >= 0.6 is 0 Å². The SMILES string of the molecule is O=C(O)CC1(NC(=O)CC/C=C/c2ccccc2)CCC1. The largest absolute Gasteiger partial charge is 0.481 e. The fourth-order valence-corrected chi connectivity index (χ4v) is 2.60. The van der Waals surface area contributed by atoms with E-state index in [1.165, 1.54) is 0 Å². The van der Waals surface area contributed by atoms with E-state index in [-0.39, 0.29) is 12.3 Å². The lowest BCUT2D eigenvalue weighted by Crippen LogP contribution is -2.54. The summed E-state index contributed by atoms with van der Waals surface area (Å²) < 4.78 is 0. The summed E-state index contributed by atoms with van der Waals surface area (Å²) in [7, 11) is 0. The summed E-state index contributed by atoms with van der Waals surface area (Å²) in [4.78, 5) is 22.8. The number of carbonyl (C=O) groups is 2. The van der Waals surface area contributed by atoms with E-state index in [0.29, 0.717) is 12.8 Å². The summed E-state index contributed by atoms with van der Waals surface area (Å²) in [6, 6.07) is 9.92. The van der Waals surface area contributed by atoms with Gasteiger partial charge in [0.2, 0.25) is 5.91 Å². The van der Waals surface area contributed by atoms with E-state index >= 15 is 0 Å². The predicted octanol–water partition coefficient (Wildman–Crippen LogP) is 2.99. The lowest BCUT2D eigenvalue weighted by Gasteiger charge is -2.41. The van der Waals surface area contributed by atoms with Gasteiger partial charge in [-0.25, -0.2) is 0 Å². The van der Waals surface area contributed by atoms with Gasteiger partial charge in [0.15, 0.2) is 0 Å². The third-order valence-corrected chi connectivity index (χ3v) is 3.85. The van der Waals surface area contributed by atoms with E-state index in [9.17, 15) is 9.59 Å². The van der Waals surface area contributed by atoms with Gasteiger partial charge in [0.05, 0.1) is 12.0 Å². The molecule has 1 aromatic carbocycles. The first-order valence-electron chi connectivity index (χ1n) is 7.34. The van der Waals surface area contributed by atoms with Gasteiger partial charge in [-0.1, -0.05) is 42.5 Å². The topological polar surface area (TPSA) is 66.4 Å². The van der Waals surface area contributed by atoms with Crippen molar-refractivity contribution < 1.29 is 14.7 Å². The van der Waals surface area contributed by atoms with Crippen LogP contribution in [-0.2, 0) is 9.59 Å². The van der Waals surface area contributed by atoms with Gasteiger partial charge in [0.1, 0.15) is 0 Å². The number of amides is 1. The molecule has 0 saturated heterocycles. The van der Waals surface area contributed by atoms with Gasteiger partial charge in [-0.3, -0.25) is 9.59 Å².